The van der Waals surface area contributed by atoms with Crippen molar-refractivity contribution in [2.24, 2.45) is 10.7 Å². The Hall–Kier alpha value is -3.36. The Kier molecular flexibility index (Phi) is 5.91. The number of aromatic nitrogens is 1. The van der Waals surface area contributed by atoms with Crippen molar-refractivity contribution in [3.8, 4) is 6.07 Å². The van der Waals surface area contributed by atoms with Gasteiger partial charge >= 0.3 is 0 Å². The average molecular weight is 485 g/mol. The summed E-state index contributed by atoms with van der Waals surface area (Å²) in [4.78, 5) is 23.1. The lowest BCUT2D eigenvalue weighted by molar-refractivity contribution is 0.102. The van der Waals surface area contributed by atoms with Gasteiger partial charge in [0.25, 0.3) is 5.91 Å². The van der Waals surface area contributed by atoms with Crippen molar-refractivity contribution in [1.29, 1.82) is 5.26 Å². The molecular weight excluding hydrogens is 459 g/mol. The molecule has 178 valence electrons. The number of piperidine rings is 1. The van der Waals surface area contributed by atoms with E-state index in [9.17, 15) is 17.6 Å². The largest absolute Gasteiger partial charge is 0.386 e. The number of amides is 1. The van der Waals surface area contributed by atoms with Gasteiger partial charge in [-0.05, 0) is 70.2 Å². The van der Waals surface area contributed by atoms with Crippen molar-refractivity contribution in [2.75, 3.05) is 31.2 Å². The summed E-state index contributed by atoms with van der Waals surface area (Å²) in [5, 5.41) is 11.5. The van der Waals surface area contributed by atoms with Crippen molar-refractivity contribution >= 4 is 27.3 Å². The van der Waals surface area contributed by atoms with Gasteiger partial charge in [-0.25, -0.2) is 17.8 Å². The van der Waals surface area contributed by atoms with Crippen molar-refractivity contribution in [2.45, 2.75) is 30.1 Å². The van der Waals surface area contributed by atoms with E-state index in [0.29, 0.717) is 31.5 Å². The maximum Gasteiger partial charge on any atom is 0.274 e. The number of benzene rings is 1. The van der Waals surface area contributed by atoms with Crippen LogP contribution in [0, 0.1) is 17.1 Å². The first-order valence-corrected chi connectivity index (χ1v) is 12.4. The normalized spacial score (nSPS) is 23.6. The standard InChI is InChI=1S/C23H25FN6O3S/c1-22(14-34(32,33)23(21(26)29-22)7-9-30(2)10-8-23)17-11-16(4-5-18(17)24)28-20(31)19-6-3-15(12-25)13-27-19/h3-6,11,13H,7-10,14H2,1-2H3,(H2,26,29)(H,28,31)/t22-/m0/s1. The van der Waals surface area contributed by atoms with Crippen molar-refractivity contribution < 1.29 is 17.6 Å². The zero-order chi connectivity index (χ0) is 24.7. The van der Waals surface area contributed by atoms with Gasteiger partial charge < -0.3 is 16.0 Å². The number of likely N-dealkylation sites (tertiary alicyclic amines) is 1. The highest BCUT2D eigenvalue weighted by atomic mass is 32.2. The van der Waals surface area contributed by atoms with Gasteiger partial charge in [0.05, 0.1) is 11.3 Å². The third kappa shape index (κ3) is 4.03. The van der Waals surface area contributed by atoms with Crippen LogP contribution in [0.15, 0.2) is 41.5 Å². The van der Waals surface area contributed by atoms with Crippen molar-refractivity contribution in [1.82, 2.24) is 9.88 Å². The third-order valence-corrected chi connectivity index (χ3v) is 9.38. The second-order valence-electron chi connectivity index (χ2n) is 9.02. The van der Waals surface area contributed by atoms with Crippen molar-refractivity contribution in [3.63, 3.8) is 0 Å². The molecule has 1 atom stereocenters. The number of aliphatic imine (C=N–C) groups is 1. The number of hydrogen-bond acceptors (Lipinski definition) is 8. The van der Waals surface area contributed by atoms with Gasteiger partial charge in [0.1, 0.15) is 33.7 Å². The van der Waals surface area contributed by atoms with Crippen LogP contribution in [0.1, 0.15) is 41.4 Å². The molecule has 3 heterocycles. The molecule has 1 amide bonds. The molecule has 9 nitrogen and oxygen atoms in total. The molecule has 11 heteroatoms. The molecule has 4 rings (SSSR count). The quantitative estimate of drug-likeness (QED) is 0.677. The van der Waals surface area contributed by atoms with Crippen LogP contribution in [0.3, 0.4) is 0 Å². The fourth-order valence-corrected chi connectivity index (χ4v) is 6.96. The number of carbonyl (C=O) groups is 1. The van der Waals surface area contributed by atoms with Gasteiger partial charge in [-0.3, -0.25) is 9.79 Å². The predicted molar refractivity (Wildman–Crippen MR) is 126 cm³/mol. The SMILES string of the molecule is CN1CCC2(CC1)C(N)=N[C@](C)(c1cc(NC(=O)c3ccc(C#N)cn3)ccc1F)CS2(=O)=O. The lowest BCUT2D eigenvalue weighted by Crippen LogP contribution is -2.62. The Bertz CT molecular complexity index is 1310. The lowest BCUT2D eigenvalue weighted by Gasteiger charge is -2.45. The van der Waals surface area contributed by atoms with Crippen LogP contribution in [0.4, 0.5) is 10.1 Å². The Balaban J connectivity index is 1.66. The van der Waals surface area contributed by atoms with Crippen molar-refractivity contribution in [3.05, 3.63) is 59.2 Å². The molecule has 2 aromatic rings. The maximum atomic E-state index is 14.9. The van der Waals surface area contributed by atoms with E-state index in [4.69, 9.17) is 11.0 Å². The van der Waals surface area contributed by atoms with Crippen LogP contribution in [-0.2, 0) is 15.4 Å². The molecule has 0 saturated carbocycles. The Labute approximate surface area is 197 Å². The number of rotatable bonds is 3. The summed E-state index contributed by atoms with van der Waals surface area (Å²) in [5.41, 5.74) is 5.48. The zero-order valence-corrected chi connectivity index (χ0v) is 19.7. The number of nitrogens with zero attached hydrogens (tertiary/aromatic N) is 4. The number of halogens is 1. The molecule has 0 aliphatic carbocycles. The van der Waals surface area contributed by atoms with Crippen LogP contribution in [-0.4, -0.2) is 60.7 Å². The molecule has 1 fully saturated rings. The van der Waals surface area contributed by atoms with Crippen LogP contribution >= 0.6 is 0 Å². The highest BCUT2D eigenvalue weighted by molar-refractivity contribution is 7.93. The Morgan fingerprint density at radius 1 is 1.26 bits per heavy atom. The van der Waals surface area contributed by atoms with E-state index in [2.05, 4.69) is 15.3 Å². The zero-order valence-electron chi connectivity index (χ0n) is 18.9. The van der Waals surface area contributed by atoms with E-state index in [0.717, 1.165) is 6.07 Å². The summed E-state index contributed by atoms with van der Waals surface area (Å²) >= 11 is 0. The maximum absolute atomic E-state index is 14.9. The van der Waals surface area contributed by atoms with Gasteiger partial charge in [-0.2, -0.15) is 5.26 Å². The fourth-order valence-electron chi connectivity index (χ4n) is 4.56. The number of sulfone groups is 1. The number of nitriles is 1. The first-order chi connectivity index (χ1) is 16.0. The molecular formula is C23H25FN6O3S. The average Bonchev–Trinajstić information content (AvgIpc) is 2.79. The number of nitrogens with one attached hydrogen (secondary N) is 1. The van der Waals surface area contributed by atoms with E-state index in [1.54, 1.807) is 0 Å². The third-order valence-electron chi connectivity index (χ3n) is 6.62. The van der Waals surface area contributed by atoms with Crippen LogP contribution in [0.2, 0.25) is 0 Å². The summed E-state index contributed by atoms with van der Waals surface area (Å²) in [7, 11) is -1.83. The monoisotopic (exact) mass is 484 g/mol. The first kappa shape index (κ1) is 23.8. The first-order valence-electron chi connectivity index (χ1n) is 10.7. The van der Waals surface area contributed by atoms with E-state index in [1.807, 2.05) is 18.0 Å². The smallest absolute Gasteiger partial charge is 0.274 e. The summed E-state index contributed by atoms with van der Waals surface area (Å²) < 4.78 is 40.7. The molecule has 1 saturated heterocycles. The number of pyridine rings is 1. The van der Waals surface area contributed by atoms with E-state index < -0.39 is 37.6 Å². The topological polar surface area (TPSA) is 142 Å². The molecule has 2 aliphatic heterocycles. The van der Waals surface area contributed by atoms with E-state index >= 15 is 0 Å². The van der Waals surface area contributed by atoms with E-state index in [-0.39, 0.29) is 22.8 Å². The predicted octanol–water partition coefficient (Wildman–Crippen LogP) is 1.81. The minimum atomic E-state index is -3.75. The summed E-state index contributed by atoms with van der Waals surface area (Å²) in [6, 6.07) is 8.68. The lowest BCUT2D eigenvalue weighted by atomic mass is 9.90. The second kappa shape index (κ2) is 8.45. The molecule has 1 spiro atoms. The molecule has 0 bridgehead atoms. The van der Waals surface area contributed by atoms with Crippen LogP contribution in [0.5, 0.6) is 0 Å². The molecule has 1 aromatic carbocycles. The fraction of sp³-hybridized carbons (Fsp3) is 0.391. The minimum Gasteiger partial charge on any atom is -0.386 e. The Morgan fingerprint density at radius 2 is 1.97 bits per heavy atom. The number of amidine groups is 1. The highest BCUT2D eigenvalue weighted by Gasteiger charge is 2.55. The number of carbonyl (C=O) groups excluding carboxylic acids is 1. The molecule has 0 radical (unpaired) electrons. The van der Waals surface area contributed by atoms with Gasteiger partial charge in [-0.1, -0.05) is 0 Å². The van der Waals surface area contributed by atoms with Gasteiger partial charge in [0.2, 0.25) is 0 Å². The summed E-state index contributed by atoms with van der Waals surface area (Å²) in [6.45, 7) is 2.68. The molecule has 3 N–H and O–H groups in total. The van der Waals surface area contributed by atoms with Crippen LogP contribution in [0.25, 0.3) is 0 Å². The second-order valence-corrected chi connectivity index (χ2v) is 11.3. The summed E-state index contributed by atoms with van der Waals surface area (Å²) in [5.74, 6) is -1.60. The minimum absolute atomic E-state index is 0.00460. The Morgan fingerprint density at radius 3 is 2.56 bits per heavy atom. The van der Waals surface area contributed by atoms with Gasteiger partial charge in [0.15, 0.2) is 9.84 Å². The molecule has 0 unspecified atom stereocenters. The molecule has 2 aliphatic rings. The number of anilines is 1. The van der Waals surface area contributed by atoms with Gasteiger partial charge in [0, 0.05) is 17.4 Å². The van der Waals surface area contributed by atoms with Gasteiger partial charge in [-0.15, -0.1) is 0 Å². The van der Waals surface area contributed by atoms with E-state index in [1.165, 1.54) is 37.4 Å². The summed E-state index contributed by atoms with van der Waals surface area (Å²) in [6.07, 6.45) is 1.95. The number of hydrogen-bond donors (Lipinski definition) is 2. The highest BCUT2D eigenvalue weighted by Crippen LogP contribution is 2.42. The molecule has 1 aromatic heterocycles. The molecule has 34 heavy (non-hydrogen) atoms. The van der Waals surface area contributed by atoms with Crippen LogP contribution < -0.4 is 11.1 Å². The number of nitrogens with two attached hydrogens (primary N) is 1.